The number of H-pyrrole nitrogens is 2. The number of rotatable bonds is 1. The van der Waals surface area contributed by atoms with Gasteiger partial charge in [0.1, 0.15) is 5.82 Å². The summed E-state index contributed by atoms with van der Waals surface area (Å²) in [5, 5.41) is 0. The van der Waals surface area contributed by atoms with Crippen molar-refractivity contribution in [1.29, 1.82) is 0 Å². The van der Waals surface area contributed by atoms with Gasteiger partial charge in [-0.1, -0.05) is 12.1 Å². The fraction of sp³-hybridized carbons (Fsp3) is 0.100. The molecule has 2 heterocycles. The first-order chi connectivity index (χ1) is 12.7. The number of hydrogen-bond donors (Lipinski definition) is 2. The molecule has 0 saturated heterocycles. The maximum absolute atomic E-state index is 13.7. The first kappa shape index (κ1) is 15.3. The SMILES string of the molecule is O=c1[nH]c2ccc(C=C3c4ccc(F)cc4CCc4ncsc43)cc2[nH]1. The monoisotopic (exact) mass is 363 g/mol. The van der Waals surface area contributed by atoms with Crippen LogP contribution in [0.1, 0.15) is 27.3 Å². The molecular weight excluding hydrogens is 349 g/mol. The molecule has 2 aromatic carbocycles. The van der Waals surface area contributed by atoms with Gasteiger partial charge in [-0.2, -0.15) is 0 Å². The van der Waals surface area contributed by atoms with E-state index in [1.807, 2.05) is 29.8 Å². The molecular formula is C20H14FN3OS. The summed E-state index contributed by atoms with van der Waals surface area (Å²) in [6.07, 6.45) is 3.66. The van der Waals surface area contributed by atoms with Crippen molar-refractivity contribution in [3.8, 4) is 0 Å². The van der Waals surface area contributed by atoms with Crippen LogP contribution >= 0.6 is 11.3 Å². The van der Waals surface area contributed by atoms with Crippen molar-refractivity contribution in [2.75, 3.05) is 0 Å². The highest BCUT2D eigenvalue weighted by molar-refractivity contribution is 7.11. The van der Waals surface area contributed by atoms with Crippen LogP contribution in [0, 0.1) is 5.82 Å². The molecule has 5 rings (SSSR count). The van der Waals surface area contributed by atoms with E-state index in [-0.39, 0.29) is 11.5 Å². The van der Waals surface area contributed by atoms with Crippen LogP contribution in [0.2, 0.25) is 0 Å². The van der Waals surface area contributed by atoms with E-state index in [2.05, 4.69) is 21.0 Å². The van der Waals surface area contributed by atoms with Gasteiger partial charge in [0.25, 0.3) is 0 Å². The van der Waals surface area contributed by atoms with E-state index in [1.54, 1.807) is 17.4 Å². The summed E-state index contributed by atoms with van der Waals surface area (Å²) < 4.78 is 13.7. The van der Waals surface area contributed by atoms with Gasteiger partial charge >= 0.3 is 5.69 Å². The number of benzene rings is 2. The summed E-state index contributed by atoms with van der Waals surface area (Å²) in [7, 11) is 0. The first-order valence-electron chi connectivity index (χ1n) is 8.33. The fourth-order valence-corrected chi connectivity index (χ4v) is 4.40. The summed E-state index contributed by atoms with van der Waals surface area (Å²) >= 11 is 1.60. The second-order valence-electron chi connectivity index (χ2n) is 6.37. The molecule has 0 atom stereocenters. The number of aromatic amines is 2. The third-order valence-electron chi connectivity index (χ3n) is 4.73. The largest absolute Gasteiger partial charge is 0.323 e. The molecule has 0 radical (unpaired) electrons. The summed E-state index contributed by atoms with van der Waals surface area (Å²) in [6, 6.07) is 10.8. The molecule has 128 valence electrons. The number of nitrogens with zero attached hydrogens (tertiary/aromatic N) is 1. The fourth-order valence-electron chi connectivity index (χ4n) is 3.52. The van der Waals surface area contributed by atoms with Crippen LogP contribution in [0.25, 0.3) is 22.7 Å². The van der Waals surface area contributed by atoms with Crippen LogP contribution in [0.15, 0.2) is 46.7 Å². The molecule has 4 aromatic rings. The van der Waals surface area contributed by atoms with E-state index in [1.165, 1.54) is 6.07 Å². The number of thiazole rings is 1. The summed E-state index contributed by atoms with van der Waals surface area (Å²) in [5.74, 6) is -0.215. The molecule has 0 fully saturated rings. The van der Waals surface area contributed by atoms with Gasteiger partial charge in [-0.3, -0.25) is 0 Å². The van der Waals surface area contributed by atoms with E-state index < -0.39 is 0 Å². The molecule has 4 nitrogen and oxygen atoms in total. The molecule has 0 unspecified atom stereocenters. The number of aryl methyl sites for hydroxylation is 2. The molecule has 6 heteroatoms. The van der Waals surface area contributed by atoms with Gasteiger partial charge < -0.3 is 9.97 Å². The highest BCUT2D eigenvalue weighted by atomic mass is 32.1. The third kappa shape index (κ3) is 2.50. The van der Waals surface area contributed by atoms with Crippen LogP contribution in [0.3, 0.4) is 0 Å². The van der Waals surface area contributed by atoms with Crippen molar-refractivity contribution in [1.82, 2.24) is 15.0 Å². The molecule has 26 heavy (non-hydrogen) atoms. The second kappa shape index (κ2) is 5.78. The minimum Gasteiger partial charge on any atom is -0.306 e. The second-order valence-corrected chi connectivity index (χ2v) is 7.23. The Bertz CT molecular complexity index is 1230. The van der Waals surface area contributed by atoms with Crippen LogP contribution in [-0.4, -0.2) is 15.0 Å². The highest BCUT2D eigenvalue weighted by Crippen LogP contribution is 2.37. The zero-order chi connectivity index (χ0) is 17.7. The smallest absolute Gasteiger partial charge is 0.306 e. The Labute approximate surface area is 152 Å². The number of imidazole rings is 1. The molecule has 1 aliphatic rings. The van der Waals surface area contributed by atoms with Crippen LogP contribution in [0.5, 0.6) is 0 Å². The average molecular weight is 363 g/mol. The predicted octanol–water partition coefficient (Wildman–Crippen LogP) is 4.14. The maximum atomic E-state index is 13.7. The Morgan fingerprint density at radius 2 is 1.96 bits per heavy atom. The van der Waals surface area contributed by atoms with Gasteiger partial charge in [0, 0.05) is 5.57 Å². The minimum atomic E-state index is -0.218. The summed E-state index contributed by atoms with van der Waals surface area (Å²) in [5.41, 5.74) is 8.29. The lowest BCUT2D eigenvalue weighted by atomic mass is 9.97. The van der Waals surface area contributed by atoms with Crippen LogP contribution in [0.4, 0.5) is 4.39 Å². The maximum Gasteiger partial charge on any atom is 0.323 e. The molecule has 0 spiro atoms. The normalized spacial score (nSPS) is 15.0. The Morgan fingerprint density at radius 1 is 1.08 bits per heavy atom. The van der Waals surface area contributed by atoms with Crippen molar-refractivity contribution in [3.05, 3.63) is 85.5 Å². The lowest BCUT2D eigenvalue weighted by Crippen LogP contribution is -1.99. The van der Waals surface area contributed by atoms with Crippen molar-refractivity contribution >= 4 is 34.0 Å². The molecule has 2 N–H and O–H groups in total. The number of aromatic nitrogens is 3. The van der Waals surface area contributed by atoms with Gasteiger partial charge in [0.05, 0.1) is 27.1 Å². The number of nitrogens with one attached hydrogen (secondary N) is 2. The zero-order valence-electron chi connectivity index (χ0n) is 13.7. The molecule has 2 aromatic heterocycles. The van der Waals surface area contributed by atoms with E-state index >= 15 is 0 Å². The lowest BCUT2D eigenvalue weighted by Gasteiger charge is -2.10. The Kier molecular flexibility index (Phi) is 3.39. The molecule has 0 aliphatic heterocycles. The van der Waals surface area contributed by atoms with E-state index in [9.17, 15) is 9.18 Å². The summed E-state index contributed by atoms with van der Waals surface area (Å²) in [4.78, 5) is 22.7. The third-order valence-corrected chi connectivity index (χ3v) is 5.63. The van der Waals surface area contributed by atoms with Gasteiger partial charge in [-0.05, 0) is 59.9 Å². The van der Waals surface area contributed by atoms with Crippen molar-refractivity contribution < 1.29 is 4.39 Å². The van der Waals surface area contributed by atoms with Gasteiger partial charge in [-0.25, -0.2) is 14.2 Å². The lowest BCUT2D eigenvalue weighted by molar-refractivity contribution is 0.625. The van der Waals surface area contributed by atoms with Crippen molar-refractivity contribution in [2.45, 2.75) is 12.8 Å². The standard InChI is InChI=1S/C20H14FN3OS/c21-13-3-4-14-12(9-13)2-6-17-19(26-10-22-17)15(14)7-11-1-5-16-18(8-11)24-20(25)23-16/h1,3-5,7-10H,2,6H2,(H2,23,24,25). The molecule has 0 amide bonds. The zero-order valence-corrected chi connectivity index (χ0v) is 14.5. The predicted molar refractivity (Wildman–Crippen MR) is 102 cm³/mol. The summed E-state index contributed by atoms with van der Waals surface area (Å²) in [6.45, 7) is 0. The number of fused-ring (bicyclic) bond motifs is 3. The molecule has 0 saturated carbocycles. The van der Waals surface area contributed by atoms with Crippen LogP contribution in [-0.2, 0) is 12.8 Å². The molecule has 1 aliphatic carbocycles. The quantitative estimate of drug-likeness (QED) is 0.534. The van der Waals surface area contributed by atoms with Crippen LogP contribution < -0.4 is 5.69 Å². The minimum absolute atomic E-state index is 0.215. The number of hydrogen-bond acceptors (Lipinski definition) is 3. The Hall–Kier alpha value is -2.99. The van der Waals surface area contributed by atoms with E-state index in [4.69, 9.17) is 0 Å². The molecule has 0 bridgehead atoms. The van der Waals surface area contributed by atoms with Gasteiger partial charge in [0.15, 0.2) is 0 Å². The highest BCUT2D eigenvalue weighted by Gasteiger charge is 2.21. The van der Waals surface area contributed by atoms with Crippen molar-refractivity contribution in [2.24, 2.45) is 0 Å². The Balaban J connectivity index is 1.74. The van der Waals surface area contributed by atoms with Gasteiger partial charge in [-0.15, -0.1) is 11.3 Å². The van der Waals surface area contributed by atoms with Crippen molar-refractivity contribution in [3.63, 3.8) is 0 Å². The number of halogens is 1. The van der Waals surface area contributed by atoms with E-state index in [0.29, 0.717) is 0 Å². The Morgan fingerprint density at radius 3 is 2.88 bits per heavy atom. The van der Waals surface area contributed by atoms with Gasteiger partial charge in [0.2, 0.25) is 0 Å². The topological polar surface area (TPSA) is 61.5 Å². The first-order valence-corrected chi connectivity index (χ1v) is 9.20. The average Bonchev–Trinajstić information content (AvgIpc) is 3.20. The van der Waals surface area contributed by atoms with E-state index in [0.717, 1.165) is 56.7 Å².